The van der Waals surface area contributed by atoms with Crippen LogP contribution in [0, 0.1) is 16.0 Å². The molecule has 0 amide bonds. The van der Waals surface area contributed by atoms with Gasteiger partial charge in [0.2, 0.25) is 0 Å². The van der Waals surface area contributed by atoms with Gasteiger partial charge in [-0.3, -0.25) is 10.1 Å². The summed E-state index contributed by atoms with van der Waals surface area (Å²) in [7, 11) is 0. The fourth-order valence-corrected chi connectivity index (χ4v) is 2.35. The zero-order valence-electron chi connectivity index (χ0n) is 10.5. The molecule has 2 heterocycles. The summed E-state index contributed by atoms with van der Waals surface area (Å²) in [5.74, 6) is 1.23. The molecule has 1 aromatic heterocycles. The van der Waals surface area contributed by atoms with Crippen molar-refractivity contribution < 1.29 is 4.92 Å². The highest BCUT2D eigenvalue weighted by Crippen LogP contribution is 2.25. The smallest absolute Gasteiger partial charge is 0.274 e. The van der Waals surface area contributed by atoms with E-state index in [9.17, 15) is 10.1 Å². The van der Waals surface area contributed by atoms with Gasteiger partial charge >= 0.3 is 0 Å². The molecule has 1 fully saturated rings. The normalized spacial score (nSPS) is 18.7. The Balaban J connectivity index is 2.05. The quantitative estimate of drug-likeness (QED) is 0.650. The number of pyridine rings is 1. The summed E-state index contributed by atoms with van der Waals surface area (Å²) in [5, 5.41) is 10.7. The molecule has 1 saturated heterocycles. The van der Waals surface area contributed by atoms with Gasteiger partial charge in [-0.15, -0.1) is 0 Å². The molecule has 2 rings (SSSR count). The van der Waals surface area contributed by atoms with E-state index in [0.29, 0.717) is 11.7 Å². The van der Waals surface area contributed by atoms with Gasteiger partial charge in [-0.1, -0.05) is 0 Å². The van der Waals surface area contributed by atoms with Crippen LogP contribution in [0.5, 0.6) is 0 Å². The molecular formula is C12H18N4O2. The Kier molecular flexibility index (Phi) is 3.76. The fraction of sp³-hybridized carbons (Fsp3) is 0.583. The first kappa shape index (κ1) is 12.8. The van der Waals surface area contributed by atoms with Gasteiger partial charge in [0.25, 0.3) is 5.69 Å². The lowest BCUT2D eigenvalue weighted by molar-refractivity contribution is -0.384. The molecule has 1 aliphatic rings. The molecule has 18 heavy (non-hydrogen) atoms. The number of hydrogen-bond donors (Lipinski definition) is 1. The van der Waals surface area contributed by atoms with Crippen molar-refractivity contribution in [2.24, 2.45) is 11.7 Å². The van der Waals surface area contributed by atoms with Crippen molar-refractivity contribution in [1.29, 1.82) is 0 Å². The summed E-state index contributed by atoms with van der Waals surface area (Å²) in [6.07, 6.45) is 3.52. The molecule has 6 nitrogen and oxygen atoms in total. The van der Waals surface area contributed by atoms with Crippen LogP contribution in [-0.2, 0) is 0 Å². The summed E-state index contributed by atoms with van der Waals surface area (Å²) < 4.78 is 0. The molecule has 0 spiro atoms. The summed E-state index contributed by atoms with van der Waals surface area (Å²) in [5.41, 5.74) is 5.98. The van der Waals surface area contributed by atoms with E-state index in [1.807, 2.05) is 6.92 Å². The summed E-state index contributed by atoms with van der Waals surface area (Å²) in [6.45, 7) is 3.76. The SMILES string of the molecule is CC(N)C1CCN(c2cc([N+](=O)[O-])ccn2)CC1. The Labute approximate surface area is 106 Å². The number of rotatable bonds is 3. The topological polar surface area (TPSA) is 85.3 Å². The molecule has 0 aromatic carbocycles. The van der Waals surface area contributed by atoms with Crippen LogP contribution in [0.25, 0.3) is 0 Å². The molecule has 0 radical (unpaired) electrons. The molecular weight excluding hydrogens is 232 g/mol. The minimum atomic E-state index is -0.389. The van der Waals surface area contributed by atoms with Crippen molar-refractivity contribution in [3.8, 4) is 0 Å². The van der Waals surface area contributed by atoms with Crippen LogP contribution in [0.3, 0.4) is 0 Å². The second-order valence-corrected chi connectivity index (χ2v) is 4.81. The van der Waals surface area contributed by atoms with Gasteiger partial charge in [-0.05, 0) is 25.7 Å². The third-order valence-electron chi connectivity index (χ3n) is 3.55. The summed E-state index contributed by atoms with van der Waals surface area (Å²) in [6, 6.07) is 3.16. The molecule has 0 saturated carbocycles. The fourth-order valence-electron chi connectivity index (χ4n) is 2.35. The standard InChI is InChI=1S/C12H18N4O2/c1-9(13)10-3-6-15(7-4-10)12-8-11(16(17)18)2-5-14-12/h2,5,8-10H,3-4,6-7,13H2,1H3. The van der Waals surface area contributed by atoms with Gasteiger partial charge < -0.3 is 10.6 Å². The van der Waals surface area contributed by atoms with Gasteiger partial charge in [-0.2, -0.15) is 0 Å². The number of nitro groups is 1. The zero-order valence-corrected chi connectivity index (χ0v) is 10.5. The molecule has 0 aliphatic carbocycles. The average Bonchev–Trinajstić information content (AvgIpc) is 2.39. The number of nitrogens with zero attached hydrogens (tertiary/aromatic N) is 3. The van der Waals surface area contributed by atoms with Gasteiger partial charge in [0, 0.05) is 31.4 Å². The van der Waals surface area contributed by atoms with Crippen LogP contribution in [0.15, 0.2) is 18.3 Å². The van der Waals surface area contributed by atoms with Crippen LogP contribution in [0.1, 0.15) is 19.8 Å². The molecule has 6 heteroatoms. The monoisotopic (exact) mass is 250 g/mol. The van der Waals surface area contributed by atoms with E-state index in [1.54, 1.807) is 0 Å². The van der Waals surface area contributed by atoms with Crippen LogP contribution < -0.4 is 10.6 Å². The molecule has 1 aliphatic heterocycles. The maximum atomic E-state index is 10.7. The highest BCUT2D eigenvalue weighted by Gasteiger charge is 2.23. The van der Waals surface area contributed by atoms with E-state index in [4.69, 9.17) is 5.73 Å². The third kappa shape index (κ3) is 2.76. The van der Waals surface area contributed by atoms with Crippen LogP contribution in [0.2, 0.25) is 0 Å². The number of aromatic nitrogens is 1. The molecule has 98 valence electrons. The molecule has 1 aromatic rings. The molecule has 2 N–H and O–H groups in total. The lowest BCUT2D eigenvalue weighted by atomic mass is 9.91. The number of piperidine rings is 1. The van der Waals surface area contributed by atoms with E-state index in [1.165, 1.54) is 18.3 Å². The van der Waals surface area contributed by atoms with E-state index in [-0.39, 0.29) is 16.7 Å². The van der Waals surface area contributed by atoms with Crippen molar-refractivity contribution in [3.63, 3.8) is 0 Å². The number of nitrogens with two attached hydrogens (primary N) is 1. The van der Waals surface area contributed by atoms with Crippen molar-refractivity contribution in [2.45, 2.75) is 25.8 Å². The van der Waals surface area contributed by atoms with Crippen molar-refractivity contribution in [1.82, 2.24) is 4.98 Å². The predicted molar refractivity (Wildman–Crippen MR) is 69.5 cm³/mol. The van der Waals surface area contributed by atoms with Crippen molar-refractivity contribution >= 4 is 11.5 Å². The Morgan fingerprint density at radius 2 is 2.22 bits per heavy atom. The first-order valence-corrected chi connectivity index (χ1v) is 6.19. The maximum absolute atomic E-state index is 10.7. The molecule has 0 bridgehead atoms. The zero-order chi connectivity index (χ0) is 13.1. The highest BCUT2D eigenvalue weighted by molar-refractivity contribution is 5.46. The van der Waals surface area contributed by atoms with Gasteiger partial charge in [-0.25, -0.2) is 4.98 Å². The Morgan fingerprint density at radius 3 is 2.78 bits per heavy atom. The van der Waals surface area contributed by atoms with Crippen LogP contribution in [0.4, 0.5) is 11.5 Å². The lowest BCUT2D eigenvalue weighted by Gasteiger charge is -2.34. The van der Waals surface area contributed by atoms with Crippen molar-refractivity contribution in [2.75, 3.05) is 18.0 Å². The minimum Gasteiger partial charge on any atom is -0.356 e. The predicted octanol–water partition coefficient (Wildman–Crippen LogP) is 1.55. The van der Waals surface area contributed by atoms with Gasteiger partial charge in [0.15, 0.2) is 0 Å². The van der Waals surface area contributed by atoms with Gasteiger partial charge in [0.1, 0.15) is 5.82 Å². The first-order valence-electron chi connectivity index (χ1n) is 6.19. The Morgan fingerprint density at radius 1 is 1.56 bits per heavy atom. The summed E-state index contributed by atoms with van der Waals surface area (Å²) in [4.78, 5) is 16.6. The number of anilines is 1. The van der Waals surface area contributed by atoms with Crippen LogP contribution >= 0.6 is 0 Å². The van der Waals surface area contributed by atoms with E-state index < -0.39 is 0 Å². The summed E-state index contributed by atoms with van der Waals surface area (Å²) >= 11 is 0. The van der Waals surface area contributed by atoms with E-state index in [0.717, 1.165) is 25.9 Å². The van der Waals surface area contributed by atoms with Gasteiger partial charge in [0.05, 0.1) is 11.0 Å². The molecule has 1 unspecified atom stereocenters. The lowest BCUT2D eigenvalue weighted by Crippen LogP contribution is -2.40. The maximum Gasteiger partial charge on any atom is 0.274 e. The van der Waals surface area contributed by atoms with E-state index in [2.05, 4.69) is 9.88 Å². The second kappa shape index (κ2) is 5.30. The number of hydrogen-bond acceptors (Lipinski definition) is 5. The van der Waals surface area contributed by atoms with E-state index >= 15 is 0 Å². The molecule has 1 atom stereocenters. The largest absolute Gasteiger partial charge is 0.356 e. The highest BCUT2D eigenvalue weighted by atomic mass is 16.6. The third-order valence-corrected chi connectivity index (χ3v) is 3.55. The minimum absolute atomic E-state index is 0.0920. The Bertz CT molecular complexity index is 428. The van der Waals surface area contributed by atoms with Crippen LogP contribution in [-0.4, -0.2) is 29.0 Å². The Hall–Kier alpha value is -1.69. The first-order chi connectivity index (χ1) is 8.58. The van der Waals surface area contributed by atoms with Crippen molar-refractivity contribution in [3.05, 3.63) is 28.4 Å². The second-order valence-electron chi connectivity index (χ2n) is 4.81. The average molecular weight is 250 g/mol.